The molecule has 0 bridgehead atoms. The van der Waals surface area contributed by atoms with Gasteiger partial charge < -0.3 is 15.4 Å². The molecule has 2 aromatic rings. The van der Waals surface area contributed by atoms with E-state index >= 15 is 0 Å². The molecule has 29 heavy (non-hydrogen) atoms. The van der Waals surface area contributed by atoms with Crippen molar-refractivity contribution in [3.05, 3.63) is 65.4 Å². The van der Waals surface area contributed by atoms with Gasteiger partial charge in [-0.25, -0.2) is 9.69 Å². The first-order chi connectivity index (χ1) is 14.0. The van der Waals surface area contributed by atoms with Crippen LogP contribution in [0.15, 0.2) is 54.2 Å². The molecule has 0 radical (unpaired) electrons. The Labute approximate surface area is 168 Å². The first kappa shape index (κ1) is 19.7. The number of nitrogens with one attached hydrogen (secondary N) is 2. The van der Waals surface area contributed by atoms with Crippen LogP contribution in [0.5, 0.6) is 5.75 Å². The van der Waals surface area contributed by atoms with Crippen LogP contribution in [0.3, 0.4) is 0 Å². The molecule has 0 aliphatic carbocycles. The number of carbonyl (C=O) groups is 3. The lowest BCUT2D eigenvalue weighted by atomic mass is 10.2. The average molecular weight is 389 g/mol. The summed E-state index contributed by atoms with van der Waals surface area (Å²) in [6.07, 6.45) is 6.68. The van der Waals surface area contributed by atoms with E-state index in [1.54, 1.807) is 36.4 Å². The number of ether oxygens (including phenoxy) is 1. The van der Waals surface area contributed by atoms with Gasteiger partial charge in [-0.2, -0.15) is 0 Å². The van der Waals surface area contributed by atoms with Crippen molar-refractivity contribution in [3.63, 3.8) is 0 Å². The fraction of sp³-hybridized carbons (Fsp3) is 0.136. The van der Waals surface area contributed by atoms with Crippen LogP contribution in [0.2, 0.25) is 0 Å². The predicted octanol–water partition coefficient (Wildman–Crippen LogP) is 2.54. The Morgan fingerprint density at radius 1 is 1.24 bits per heavy atom. The minimum Gasteiger partial charge on any atom is -0.481 e. The van der Waals surface area contributed by atoms with Gasteiger partial charge in [0.1, 0.15) is 24.6 Å². The summed E-state index contributed by atoms with van der Waals surface area (Å²) in [5.74, 6) is 1.94. The molecule has 1 aliphatic heterocycles. The van der Waals surface area contributed by atoms with Crippen LogP contribution < -0.4 is 15.4 Å². The molecule has 146 valence electrons. The van der Waals surface area contributed by atoms with E-state index < -0.39 is 17.8 Å². The van der Waals surface area contributed by atoms with Crippen molar-refractivity contribution in [3.8, 4) is 18.1 Å². The number of hydrogen-bond donors (Lipinski definition) is 2. The molecule has 7 heteroatoms. The fourth-order valence-electron chi connectivity index (χ4n) is 2.73. The van der Waals surface area contributed by atoms with Gasteiger partial charge in [0.25, 0.3) is 5.91 Å². The third-order valence-corrected chi connectivity index (χ3v) is 4.08. The summed E-state index contributed by atoms with van der Waals surface area (Å²) < 4.78 is 5.29. The number of nitrogens with zero attached hydrogens (tertiary/aromatic N) is 1. The Bertz CT molecular complexity index is 1020. The molecular formula is C22H19N3O4. The Morgan fingerprint density at radius 3 is 2.69 bits per heavy atom. The van der Waals surface area contributed by atoms with Crippen LogP contribution in [0.25, 0.3) is 6.08 Å². The van der Waals surface area contributed by atoms with Crippen LogP contribution in [0.1, 0.15) is 11.1 Å². The summed E-state index contributed by atoms with van der Waals surface area (Å²) >= 11 is 0. The highest BCUT2D eigenvalue weighted by molar-refractivity contribution is 6.15. The highest BCUT2D eigenvalue weighted by atomic mass is 16.5. The maximum Gasteiger partial charge on any atom is 0.329 e. The quantitative estimate of drug-likeness (QED) is 0.452. The van der Waals surface area contributed by atoms with Crippen molar-refractivity contribution in [2.45, 2.75) is 6.92 Å². The van der Waals surface area contributed by atoms with E-state index in [2.05, 4.69) is 16.6 Å². The number of anilines is 1. The van der Waals surface area contributed by atoms with Crippen molar-refractivity contribution >= 4 is 29.6 Å². The van der Waals surface area contributed by atoms with Gasteiger partial charge in [0.15, 0.2) is 0 Å². The minimum absolute atomic E-state index is 0.0932. The maximum atomic E-state index is 12.5. The lowest BCUT2D eigenvalue weighted by molar-refractivity contribution is -0.127. The smallest absolute Gasteiger partial charge is 0.329 e. The summed E-state index contributed by atoms with van der Waals surface area (Å²) in [6.45, 7) is 1.68. The first-order valence-electron chi connectivity index (χ1n) is 8.83. The van der Waals surface area contributed by atoms with E-state index in [1.807, 2.05) is 19.1 Å². The number of rotatable bonds is 6. The van der Waals surface area contributed by atoms with Gasteiger partial charge in [0.05, 0.1) is 0 Å². The van der Waals surface area contributed by atoms with Crippen LogP contribution >= 0.6 is 0 Å². The van der Waals surface area contributed by atoms with Crippen LogP contribution in [0.4, 0.5) is 10.5 Å². The molecule has 2 N–H and O–H groups in total. The summed E-state index contributed by atoms with van der Waals surface area (Å²) in [5.41, 5.74) is 2.37. The van der Waals surface area contributed by atoms with E-state index in [9.17, 15) is 14.4 Å². The lowest BCUT2D eigenvalue weighted by Gasteiger charge is -2.12. The second kappa shape index (κ2) is 8.76. The number of terminal acetylenes is 1. The minimum atomic E-state index is -0.644. The fourth-order valence-corrected chi connectivity index (χ4v) is 2.73. The van der Waals surface area contributed by atoms with Gasteiger partial charge in [0, 0.05) is 5.69 Å². The Kier molecular flexibility index (Phi) is 5.95. The topological polar surface area (TPSA) is 87.7 Å². The molecule has 0 atom stereocenters. The van der Waals surface area contributed by atoms with Gasteiger partial charge in [-0.05, 0) is 48.4 Å². The zero-order valence-electron chi connectivity index (χ0n) is 15.8. The highest BCUT2D eigenvalue weighted by Gasteiger charge is 2.34. The van der Waals surface area contributed by atoms with E-state index in [4.69, 9.17) is 11.2 Å². The Balaban J connectivity index is 1.65. The van der Waals surface area contributed by atoms with Crippen LogP contribution in [0, 0.1) is 19.3 Å². The molecule has 1 heterocycles. The second-order valence-electron chi connectivity index (χ2n) is 6.36. The average Bonchev–Trinajstić information content (AvgIpc) is 2.95. The van der Waals surface area contributed by atoms with E-state index in [-0.39, 0.29) is 18.8 Å². The zero-order valence-corrected chi connectivity index (χ0v) is 15.8. The summed E-state index contributed by atoms with van der Waals surface area (Å²) in [6, 6.07) is 13.5. The summed E-state index contributed by atoms with van der Waals surface area (Å²) in [4.78, 5) is 37.7. The number of benzene rings is 2. The third kappa shape index (κ3) is 5.02. The van der Waals surface area contributed by atoms with Gasteiger partial charge in [-0.1, -0.05) is 30.2 Å². The number of hydrogen-bond acceptors (Lipinski definition) is 4. The molecule has 3 rings (SSSR count). The molecule has 0 unspecified atom stereocenters. The number of imide groups is 1. The largest absolute Gasteiger partial charge is 0.481 e. The standard InChI is InChI=1S/C22H19N3O4/c1-3-11-29-18-9-7-16(8-10-18)13-19-21(27)25(22(28)24-19)14-20(26)23-17-6-4-5-15(2)12-17/h1,4-10,12-13H,11,14H2,2H3,(H,23,26)(H,24,28). The highest BCUT2D eigenvalue weighted by Crippen LogP contribution is 2.17. The van der Waals surface area contributed by atoms with Crippen molar-refractivity contribution < 1.29 is 19.1 Å². The van der Waals surface area contributed by atoms with Crippen molar-refractivity contribution in [2.24, 2.45) is 0 Å². The summed E-state index contributed by atoms with van der Waals surface area (Å²) in [7, 11) is 0. The van der Waals surface area contributed by atoms with Crippen molar-refractivity contribution in [2.75, 3.05) is 18.5 Å². The van der Waals surface area contributed by atoms with Crippen molar-refractivity contribution in [1.29, 1.82) is 0 Å². The molecule has 1 fully saturated rings. The second-order valence-corrected chi connectivity index (χ2v) is 6.36. The van der Waals surface area contributed by atoms with Gasteiger partial charge in [-0.3, -0.25) is 9.59 Å². The SMILES string of the molecule is C#CCOc1ccc(C=C2NC(=O)N(CC(=O)Nc3cccc(C)c3)C2=O)cc1. The van der Waals surface area contributed by atoms with Gasteiger partial charge in [-0.15, -0.1) is 6.42 Å². The molecule has 4 amide bonds. The molecule has 0 spiro atoms. The number of carbonyl (C=O) groups excluding carboxylic acids is 3. The molecule has 0 saturated carbocycles. The van der Waals surface area contributed by atoms with Gasteiger partial charge in [0.2, 0.25) is 5.91 Å². The van der Waals surface area contributed by atoms with Crippen molar-refractivity contribution in [1.82, 2.24) is 10.2 Å². The number of amides is 4. The van der Waals surface area contributed by atoms with Crippen LogP contribution in [-0.4, -0.2) is 35.9 Å². The molecule has 0 aromatic heterocycles. The monoisotopic (exact) mass is 389 g/mol. The molecule has 1 aliphatic rings. The molecular weight excluding hydrogens is 370 g/mol. The Hall–Kier alpha value is -4.05. The maximum absolute atomic E-state index is 12.5. The number of aryl methyl sites for hydroxylation is 1. The molecule has 1 saturated heterocycles. The van der Waals surface area contributed by atoms with Crippen LogP contribution in [-0.2, 0) is 9.59 Å². The third-order valence-electron chi connectivity index (χ3n) is 4.08. The van der Waals surface area contributed by atoms with E-state index in [1.165, 1.54) is 6.08 Å². The first-order valence-corrected chi connectivity index (χ1v) is 8.83. The lowest BCUT2D eigenvalue weighted by Crippen LogP contribution is -2.38. The molecule has 7 nitrogen and oxygen atoms in total. The van der Waals surface area contributed by atoms with E-state index in [0.29, 0.717) is 17.0 Å². The number of urea groups is 1. The van der Waals surface area contributed by atoms with Gasteiger partial charge >= 0.3 is 6.03 Å². The predicted molar refractivity (Wildman–Crippen MR) is 109 cm³/mol. The summed E-state index contributed by atoms with van der Waals surface area (Å²) in [5, 5.41) is 5.17. The normalized spacial score (nSPS) is 14.5. The zero-order chi connectivity index (χ0) is 20.8. The Morgan fingerprint density at radius 2 is 2.00 bits per heavy atom. The molecule has 2 aromatic carbocycles. The van der Waals surface area contributed by atoms with E-state index in [0.717, 1.165) is 10.5 Å².